The zero-order valence-corrected chi connectivity index (χ0v) is 22.0. The number of ether oxygens (including phenoxy) is 1. The SMILES string of the molecule is CCOc1ccc2oc(C(=O)N/N=C\c3cc(-c4ccccc4)n(-c4ccccc4)c3-c3ccccc3)cc2c1. The normalized spacial score (nSPS) is 11.2. The number of hydrazone groups is 1. The third-order valence-electron chi connectivity index (χ3n) is 6.55. The number of nitrogens with zero attached hydrogens (tertiary/aromatic N) is 2. The summed E-state index contributed by atoms with van der Waals surface area (Å²) >= 11 is 0. The van der Waals surface area contributed by atoms with Gasteiger partial charge in [-0.2, -0.15) is 5.10 Å². The van der Waals surface area contributed by atoms with E-state index in [0.29, 0.717) is 12.2 Å². The molecule has 1 amide bonds. The minimum Gasteiger partial charge on any atom is -0.494 e. The minimum absolute atomic E-state index is 0.177. The van der Waals surface area contributed by atoms with Gasteiger partial charge < -0.3 is 13.7 Å². The van der Waals surface area contributed by atoms with Gasteiger partial charge in [-0.1, -0.05) is 78.9 Å². The molecule has 0 fully saturated rings. The number of benzene rings is 4. The van der Waals surface area contributed by atoms with Crippen molar-refractivity contribution in [3.8, 4) is 34.0 Å². The Balaban J connectivity index is 1.38. The highest BCUT2D eigenvalue weighted by molar-refractivity contribution is 5.98. The van der Waals surface area contributed by atoms with Crippen molar-refractivity contribution >= 4 is 23.1 Å². The molecule has 196 valence electrons. The second kappa shape index (κ2) is 11.2. The highest BCUT2D eigenvalue weighted by atomic mass is 16.5. The van der Waals surface area contributed by atoms with E-state index in [2.05, 4.69) is 57.6 Å². The van der Waals surface area contributed by atoms with Gasteiger partial charge in [-0.05, 0) is 60.5 Å². The lowest BCUT2D eigenvalue weighted by Crippen LogP contribution is -2.16. The maximum Gasteiger partial charge on any atom is 0.307 e. The summed E-state index contributed by atoms with van der Waals surface area (Å²) in [4.78, 5) is 12.9. The number of nitrogens with one attached hydrogen (secondary N) is 1. The van der Waals surface area contributed by atoms with Crippen LogP contribution >= 0.6 is 0 Å². The van der Waals surface area contributed by atoms with Crippen LogP contribution in [0.15, 0.2) is 131 Å². The second-order valence-electron chi connectivity index (χ2n) is 9.18. The van der Waals surface area contributed by atoms with Crippen LogP contribution in [-0.4, -0.2) is 23.3 Å². The number of hydrogen-bond acceptors (Lipinski definition) is 4. The molecule has 0 atom stereocenters. The Morgan fingerprint density at radius 1 is 0.850 bits per heavy atom. The van der Waals surface area contributed by atoms with Crippen LogP contribution < -0.4 is 10.2 Å². The fraction of sp³-hybridized carbons (Fsp3) is 0.0588. The highest BCUT2D eigenvalue weighted by Gasteiger charge is 2.19. The monoisotopic (exact) mass is 525 g/mol. The van der Waals surface area contributed by atoms with Crippen LogP contribution in [0.5, 0.6) is 5.75 Å². The van der Waals surface area contributed by atoms with Gasteiger partial charge in [0, 0.05) is 16.6 Å². The van der Waals surface area contributed by atoms with Crippen LogP contribution in [0.25, 0.3) is 39.2 Å². The van der Waals surface area contributed by atoms with E-state index in [1.807, 2.05) is 73.7 Å². The number of amides is 1. The van der Waals surface area contributed by atoms with Gasteiger partial charge in [0.15, 0.2) is 5.76 Å². The van der Waals surface area contributed by atoms with Crippen LogP contribution in [0.3, 0.4) is 0 Å². The number of fused-ring (bicyclic) bond motifs is 1. The number of furan rings is 1. The van der Waals surface area contributed by atoms with Gasteiger partial charge in [-0.25, -0.2) is 5.43 Å². The molecule has 0 aliphatic heterocycles. The van der Waals surface area contributed by atoms with Crippen molar-refractivity contribution in [2.75, 3.05) is 6.61 Å². The largest absolute Gasteiger partial charge is 0.494 e. The van der Waals surface area contributed by atoms with Gasteiger partial charge in [0.1, 0.15) is 11.3 Å². The van der Waals surface area contributed by atoms with Crippen molar-refractivity contribution in [2.45, 2.75) is 6.92 Å². The quantitative estimate of drug-likeness (QED) is 0.163. The Labute approximate surface area is 232 Å². The van der Waals surface area contributed by atoms with E-state index in [9.17, 15) is 4.79 Å². The Morgan fingerprint density at radius 2 is 1.52 bits per heavy atom. The zero-order chi connectivity index (χ0) is 27.3. The number of rotatable bonds is 8. The Hall–Kier alpha value is -5.36. The molecule has 2 heterocycles. The molecular weight excluding hydrogens is 498 g/mol. The Bertz CT molecular complexity index is 1790. The molecule has 6 rings (SSSR count). The van der Waals surface area contributed by atoms with Crippen molar-refractivity contribution in [1.82, 2.24) is 9.99 Å². The predicted molar refractivity (Wildman–Crippen MR) is 159 cm³/mol. The van der Waals surface area contributed by atoms with Crippen LogP contribution in [0, 0.1) is 0 Å². The van der Waals surface area contributed by atoms with Gasteiger partial charge in [-0.15, -0.1) is 0 Å². The molecule has 1 N–H and O–H groups in total. The topological polar surface area (TPSA) is 68.8 Å². The molecular formula is C34H27N3O3. The summed E-state index contributed by atoms with van der Waals surface area (Å²) in [5.74, 6) is 0.472. The number of carbonyl (C=O) groups excluding carboxylic acids is 1. The van der Waals surface area contributed by atoms with E-state index in [0.717, 1.165) is 44.9 Å². The Kier molecular flexibility index (Phi) is 6.97. The molecule has 0 unspecified atom stereocenters. The molecule has 6 aromatic rings. The number of carbonyl (C=O) groups is 1. The molecule has 40 heavy (non-hydrogen) atoms. The van der Waals surface area contributed by atoms with Gasteiger partial charge in [0.2, 0.25) is 0 Å². The van der Waals surface area contributed by atoms with E-state index in [1.54, 1.807) is 18.3 Å². The molecule has 0 aliphatic rings. The second-order valence-corrected chi connectivity index (χ2v) is 9.18. The molecule has 4 aromatic carbocycles. The average molecular weight is 526 g/mol. The smallest absolute Gasteiger partial charge is 0.307 e. The first kappa shape index (κ1) is 24.9. The van der Waals surface area contributed by atoms with Crippen LogP contribution in [0.2, 0.25) is 0 Å². The van der Waals surface area contributed by atoms with Crippen molar-refractivity contribution in [2.24, 2.45) is 5.10 Å². The lowest BCUT2D eigenvalue weighted by atomic mass is 10.1. The summed E-state index contributed by atoms with van der Waals surface area (Å²) in [6.45, 7) is 2.49. The first-order chi connectivity index (χ1) is 19.7. The van der Waals surface area contributed by atoms with Gasteiger partial charge in [-0.3, -0.25) is 4.79 Å². The maximum atomic E-state index is 12.9. The summed E-state index contributed by atoms with van der Waals surface area (Å²) in [5, 5.41) is 5.13. The van der Waals surface area contributed by atoms with Crippen molar-refractivity contribution in [3.05, 3.63) is 133 Å². The summed E-state index contributed by atoms with van der Waals surface area (Å²) < 4.78 is 13.5. The fourth-order valence-corrected chi connectivity index (χ4v) is 4.79. The lowest BCUT2D eigenvalue weighted by Gasteiger charge is -2.15. The molecule has 6 heteroatoms. The number of para-hydroxylation sites is 1. The summed E-state index contributed by atoms with van der Waals surface area (Å²) in [6.07, 6.45) is 1.68. The van der Waals surface area contributed by atoms with Crippen LogP contribution in [0.4, 0.5) is 0 Å². The van der Waals surface area contributed by atoms with Crippen LogP contribution in [-0.2, 0) is 0 Å². The third kappa shape index (κ3) is 5.02. The fourth-order valence-electron chi connectivity index (χ4n) is 4.79. The molecule has 2 aromatic heterocycles. The standard InChI is InChI=1S/C34H27N3O3/c1-2-39-29-18-19-31-26(20-29)22-32(40-31)34(38)36-35-23-27-21-30(24-12-6-3-7-13-24)37(28-16-10-5-11-17-28)33(27)25-14-8-4-9-15-25/h3-23H,2H2,1H3,(H,36,38)/b35-23-. The highest BCUT2D eigenvalue weighted by Crippen LogP contribution is 2.35. The van der Waals surface area contributed by atoms with E-state index in [1.165, 1.54) is 0 Å². The molecule has 0 spiro atoms. The number of aromatic nitrogens is 1. The Morgan fingerprint density at radius 3 is 2.23 bits per heavy atom. The average Bonchev–Trinajstić information content (AvgIpc) is 3.60. The molecule has 0 bridgehead atoms. The predicted octanol–water partition coefficient (Wildman–Crippen LogP) is 7.72. The van der Waals surface area contributed by atoms with Crippen molar-refractivity contribution < 1.29 is 13.9 Å². The van der Waals surface area contributed by atoms with Gasteiger partial charge in [0.25, 0.3) is 0 Å². The molecule has 0 aliphatic carbocycles. The zero-order valence-electron chi connectivity index (χ0n) is 22.0. The maximum absolute atomic E-state index is 12.9. The third-order valence-corrected chi connectivity index (χ3v) is 6.55. The molecule has 0 saturated heterocycles. The summed E-state index contributed by atoms with van der Waals surface area (Å²) in [7, 11) is 0. The minimum atomic E-state index is -0.433. The van der Waals surface area contributed by atoms with E-state index < -0.39 is 5.91 Å². The lowest BCUT2D eigenvalue weighted by molar-refractivity contribution is 0.0929. The molecule has 6 nitrogen and oxygen atoms in total. The molecule has 0 radical (unpaired) electrons. The van der Waals surface area contributed by atoms with Gasteiger partial charge in [0.05, 0.1) is 24.2 Å². The summed E-state index contributed by atoms with van der Waals surface area (Å²) in [5.41, 5.74) is 9.21. The van der Waals surface area contributed by atoms with E-state index in [4.69, 9.17) is 9.15 Å². The van der Waals surface area contributed by atoms with Crippen LogP contribution in [0.1, 0.15) is 23.0 Å². The van der Waals surface area contributed by atoms with Crippen molar-refractivity contribution in [1.29, 1.82) is 0 Å². The summed E-state index contributed by atoms with van der Waals surface area (Å²) in [6, 6.07) is 39.9. The number of hydrogen-bond donors (Lipinski definition) is 1. The van der Waals surface area contributed by atoms with E-state index >= 15 is 0 Å². The first-order valence-corrected chi connectivity index (χ1v) is 13.1. The van der Waals surface area contributed by atoms with E-state index in [-0.39, 0.29) is 5.76 Å². The molecule has 0 saturated carbocycles. The van der Waals surface area contributed by atoms with Gasteiger partial charge >= 0.3 is 5.91 Å². The van der Waals surface area contributed by atoms with Crippen molar-refractivity contribution in [3.63, 3.8) is 0 Å². The first-order valence-electron chi connectivity index (χ1n) is 13.1.